The zero-order chi connectivity index (χ0) is 27.5. The van der Waals surface area contributed by atoms with Crippen molar-refractivity contribution in [2.24, 2.45) is 0 Å². The van der Waals surface area contributed by atoms with Gasteiger partial charge in [-0.25, -0.2) is 0 Å². The van der Waals surface area contributed by atoms with Gasteiger partial charge in [-0.05, 0) is 61.9 Å². The first-order valence-electron chi connectivity index (χ1n) is 13.5. The highest BCUT2D eigenvalue weighted by molar-refractivity contribution is 5.85. The third kappa shape index (κ3) is 11.0. The second-order valence-corrected chi connectivity index (χ2v) is 10.6. The number of rotatable bonds is 14. The number of ether oxygens (including phenoxy) is 2. The Balaban J connectivity index is 0.00000294. The Kier molecular flexibility index (Phi) is 14.2. The minimum atomic E-state index is -0.636. The standard InChI is InChI=1S/C34H40N2O3.2ClH/c1-34(2,26-36(3)33(28-15-9-5-10-16-28)29-17-11-6-12-18-29)35-23-30(37)25-39-32-21-19-31(20-22-32)38-24-27-13-7-4-8-14-27;;/h4-22,30,33,35,37H,23-26H2,1-3H3;2*1H. The first kappa shape index (κ1) is 34.1. The van der Waals surface area contributed by atoms with Crippen LogP contribution in [0.25, 0.3) is 0 Å². The van der Waals surface area contributed by atoms with Crippen molar-refractivity contribution in [1.29, 1.82) is 0 Å². The number of hydrogen-bond donors (Lipinski definition) is 2. The zero-order valence-electron chi connectivity index (χ0n) is 24.0. The van der Waals surface area contributed by atoms with Gasteiger partial charge in [-0.15, -0.1) is 24.8 Å². The van der Waals surface area contributed by atoms with Crippen molar-refractivity contribution in [3.63, 3.8) is 0 Å². The van der Waals surface area contributed by atoms with Crippen LogP contribution >= 0.6 is 24.8 Å². The van der Waals surface area contributed by atoms with Gasteiger partial charge in [0.1, 0.15) is 30.8 Å². The number of nitrogens with zero attached hydrogens (tertiary/aromatic N) is 1. The lowest BCUT2D eigenvalue weighted by molar-refractivity contribution is 0.0935. The van der Waals surface area contributed by atoms with Crippen molar-refractivity contribution in [2.75, 3.05) is 26.7 Å². The van der Waals surface area contributed by atoms with Gasteiger partial charge in [0.25, 0.3) is 0 Å². The van der Waals surface area contributed by atoms with E-state index in [1.54, 1.807) is 0 Å². The fraction of sp³-hybridized carbons (Fsp3) is 0.294. The summed E-state index contributed by atoms with van der Waals surface area (Å²) in [6, 6.07) is 38.9. The second kappa shape index (κ2) is 17.0. The first-order valence-corrected chi connectivity index (χ1v) is 13.5. The smallest absolute Gasteiger partial charge is 0.120 e. The molecule has 0 fully saturated rings. The Morgan fingerprint density at radius 1 is 0.707 bits per heavy atom. The molecule has 4 aromatic carbocycles. The van der Waals surface area contributed by atoms with Crippen LogP contribution in [0.1, 0.15) is 36.6 Å². The summed E-state index contributed by atoms with van der Waals surface area (Å²) >= 11 is 0. The van der Waals surface area contributed by atoms with Crippen molar-refractivity contribution in [1.82, 2.24) is 10.2 Å². The molecule has 0 spiro atoms. The molecular formula is C34H42Cl2N2O3. The Morgan fingerprint density at radius 2 is 1.17 bits per heavy atom. The van der Waals surface area contributed by atoms with E-state index < -0.39 is 6.10 Å². The molecule has 220 valence electrons. The number of nitrogens with one attached hydrogen (secondary N) is 1. The molecule has 0 aliphatic rings. The molecule has 0 saturated carbocycles. The van der Waals surface area contributed by atoms with Crippen LogP contribution in [-0.4, -0.2) is 48.4 Å². The topological polar surface area (TPSA) is 54.0 Å². The van der Waals surface area contributed by atoms with Crippen LogP contribution in [0.3, 0.4) is 0 Å². The van der Waals surface area contributed by atoms with Gasteiger partial charge in [-0.2, -0.15) is 0 Å². The zero-order valence-corrected chi connectivity index (χ0v) is 25.6. The van der Waals surface area contributed by atoms with Gasteiger partial charge in [0.05, 0.1) is 6.04 Å². The molecule has 0 saturated heterocycles. The molecule has 0 amide bonds. The predicted molar refractivity (Wildman–Crippen MR) is 173 cm³/mol. The van der Waals surface area contributed by atoms with E-state index >= 15 is 0 Å². The number of aliphatic hydroxyl groups excluding tert-OH is 1. The lowest BCUT2D eigenvalue weighted by Crippen LogP contribution is -2.51. The quantitative estimate of drug-likeness (QED) is 0.165. The van der Waals surface area contributed by atoms with Crippen LogP contribution in [0.15, 0.2) is 115 Å². The monoisotopic (exact) mass is 596 g/mol. The number of halogens is 2. The molecule has 0 aromatic heterocycles. The average molecular weight is 598 g/mol. The molecule has 0 heterocycles. The van der Waals surface area contributed by atoms with Crippen LogP contribution < -0.4 is 14.8 Å². The maximum absolute atomic E-state index is 10.6. The fourth-order valence-corrected chi connectivity index (χ4v) is 4.76. The average Bonchev–Trinajstić information content (AvgIpc) is 2.96. The van der Waals surface area contributed by atoms with E-state index in [0.717, 1.165) is 17.9 Å². The Bertz CT molecular complexity index is 1200. The summed E-state index contributed by atoms with van der Waals surface area (Å²) in [6.45, 7) is 6.28. The van der Waals surface area contributed by atoms with Crippen LogP contribution in [0, 0.1) is 0 Å². The predicted octanol–water partition coefficient (Wildman–Crippen LogP) is 6.94. The lowest BCUT2D eigenvalue weighted by Gasteiger charge is -2.37. The Labute approximate surface area is 257 Å². The second-order valence-electron chi connectivity index (χ2n) is 10.6. The highest BCUT2D eigenvalue weighted by Crippen LogP contribution is 2.28. The van der Waals surface area contributed by atoms with E-state index in [-0.39, 0.29) is 43.0 Å². The molecule has 0 bridgehead atoms. The minimum absolute atomic E-state index is 0. The number of β-amino-alcohol motifs (C(OH)–C–C–N with tert-alkyl or cyclic N) is 1. The maximum Gasteiger partial charge on any atom is 0.120 e. The molecule has 4 aromatic rings. The summed E-state index contributed by atoms with van der Waals surface area (Å²) < 4.78 is 11.7. The van der Waals surface area contributed by atoms with Gasteiger partial charge in [0, 0.05) is 18.6 Å². The van der Waals surface area contributed by atoms with Gasteiger partial charge in [-0.3, -0.25) is 4.90 Å². The fourth-order valence-electron chi connectivity index (χ4n) is 4.76. The number of likely N-dealkylation sites (N-methyl/N-ethyl adjacent to an activating group) is 1. The van der Waals surface area contributed by atoms with E-state index in [1.165, 1.54) is 11.1 Å². The van der Waals surface area contributed by atoms with E-state index in [4.69, 9.17) is 9.47 Å². The molecular weight excluding hydrogens is 555 g/mol. The summed E-state index contributed by atoms with van der Waals surface area (Å²) in [6.07, 6.45) is -0.636. The normalized spacial score (nSPS) is 11.9. The van der Waals surface area contributed by atoms with E-state index in [0.29, 0.717) is 18.9 Å². The van der Waals surface area contributed by atoms with Crippen LogP contribution in [-0.2, 0) is 6.61 Å². The SMILES string of the molecule is CN(CC(C)(C)NCC(O)COc1ccc(OCc2ccccc2)cc1)C(c1ccccc1)c1ccccc1.Cl.Cl. The molecule has 1 unspecified atom stereocenters. The van der Waals surface area contributed by atoms with Gasteiger partial charge >= 0.3 is 0 Å². The minimum Gasteiger partial charge on any atom is -0.491 e. The summed E-state index contributed by atoms with van der Waals surface area (Å²) in [5.41, 5.74) is 3.41. The summed E-state index contributed by atoms with van der Waals surface area (Å²) in [4.78, 5) is 2.36. The molecule has 0 aliphatic carbocycles. The van der Waals surface area contributed by atoms with Crippen LogP contribution in [0.2, 0.25) is 0 Å². The third-order valence-electron chi connectivity index (χ3n) is 6.65. The van der Waals surface area contributed by atoms with E-state index in [9.17, 15) is 5.11 Å². The van der Waals surface area contributed by atoms with Gasteiger partial charge in [0.15, 0.2) is 0 Å². The number of aliphatic hydroxyl groups is 1. The molecule has 5 nitrogen and oxygen atoms in total. The van der Waals surface area contributed by atoms with Crippen molar-refractivity contribution >= 4 is 24.8 Å². The highest BCUT2D eigenvalue weighted by atomic mass is 35.5. The van der Waals surface area contributed by atoms with Crippen molar-refractivity contribution < 1.29 is 14.6 Å². The molecule has 1 atom stereocenters. The highest BCUT2D eigenvalue weighted by Gasteiger charge is 2.26. The third-order valence-corrected chi connectivity index (χ3v) is 6.65. The lowest BCUT2D eigenvalue weighted by atomic mass is 9.95. The molecule has 0 radical (unpaired) electrons. The van der Waals surface area contributed by atoms with Crippen LogP contribution in [0.4, 0.5) is 0 Å². The van der Waals surface area contributed by atoms with Gasteiger partial charge in [0.2, 0.25) is 0 Å². The van der Waals surface area contributed by atoms with Crippen molar-refractivity contribution in [2.45, 2.75) is 38.1 Å². The van der Waals surface area contributed by atoms with Crippen LogP contribution in [0.5, 0.6) is 11.5 Å². The molecule has 0 aliphatic heterocycles. The van der Waals surface area contributed by atoms with Gasteiger partial charge in [-0.1, -0.05) is 91.0 Å². The maximum atomic E-state index is 10.6. The Morgan fingerprint density at radius 3 is 1.68 bits per heavy atom. The molecule has 7 heteroatoms. The molecule has 4 rings (SSSR count). The van der Waals surface area contributed by atoms with Gasteiger partial charge < -0.3 is 19.9 Å². The summed E-state index contributed by atoms with van der Waals surface area (Å²) in [5.74, 6) is 1.48. The summed E-state index contributed by atoms with van der Waals surface area (Å²) in [5, 5.41) is 14.1. The van der Waals surface area contributed by atoms with Crippen molar-refractivity contribution in [3.8, 4) is 11.5 Å². The summed E-state index contributed by atoms with van der Waals surface area (Å²) in [7, 11) is 2.15. The molecule has 41 heavy (non-hydrogen) atoms. The first-order chi connectivity index (χ1) is 18.9. The number of benzene rings is 4. The van der Waals surface area contributed by atoms with E-state index in [1.807, 2.05) is 54.6 Å². The van der Waals surface area contributed by atoms with E-state index in [2.05, 4.69) is 91.8 Å². The molecule has 2 N–H and O–H groups in total. The van der Waals surface area contributed by atoms with Crippen molar-refractivity contribution in [3.05, 3.63) is 132 Å². The number of hydrogen-bond acceptors (Lipinski definition) is 5. The Hall–Kier alpha value is -3.06. The largest absolute Gasteiger partial charge is 0.491 e.